The number of hydrogen-bond donors (Lipinski definition) is 3. The lowest BCUT2D eigenvalue weighted by molar-refractivity contribution is 0.144. The highest BCUT2D eigenvalue weighted by molar-refractivity contribution is 5.74. The van der Waals surface area contributed by atoms with E-state index < -0.39 is 0 Å². The van der Waals surface area contributed by atoms with Crippen molar-refractivity contribution in [3.05, 3.63) is 12.2 Å². The molecule has 0 aromatic carbocycles. The summed E-state index contributed by atoms with van der Waals surface area (Å²) in [5.41, 5.74) is 0. The molecular formula is C13H21N5O2. The number of aryl methyl sites for hydroxylation is 1. The Morgan fingerprint density at radius 2 is 2.30 bits per heavy atom. The Hall–Kier alpha value is -1.63. The highest BCUT2D eigenvalue weighted by Crippen LogP contribution is 2.48. The van der Waals surface area contributed by atoms with Gasteiger partial charge in [0.05, 0.1) is 6.54 Å². The van der Waals surface area contributed by atoms with E-state index in [0.717, 1.165) is 12.8 Å². The molecule has 2 amide bonds. The van der Waals surface area contributed by atoms with Gasteiger partial charge in [-0.1, -0.05) is 0 Å². The van der Waals surface area contributed by atoms with Crippen molar-refractivity contribution in [1.82, 2.24) is 25.4 Å². The van der Waals surface area contributed by atoms with Gasteiger partial charge in [0.1, 0.15) is 6.33 Å². The number of amides is 2. The first-order valence-corrected chi connectivity index (χ1v) is 7.17. The lowest BCUT2D eigenvalue weighted by Crippen LogP contribution is -2.49. The van der Waals surface area contributed by atoms with Gasteiger partial charge in [-0.3, -0.25) is 4.68 Å². The minimum absolute atomic E-state index is 0.107. The molecule has 110 valence electrons. The second kappa shape index (κ2) is 5.40. The van der Waals surface area contributed by atoms with Gasteiger partial charge in [0, 0.05) is 25.6 Å². The fraction of sp³-hybridized carbons (Fsp3) is 0.769. The summed E-state index contributed by atoms with van der Waals surface area (Å²) >= 11 is 0. The van der Waals surface area contributed by atoms with Crippen LogP contribution in [0.2, 0.25) is 0 Å². The number of nitrogens with one attached hydrogen (secondary N) is 2. The zero-order chi connectivity index (χ0) is 14.1. The lowest BCUT2D eigenvalue weighted by atomic mass is 9.85. The van der Waals surface area contributed by atoms with E-state index in [4.69, 9.17) is 0 Å². The zero-order valence-corrected chi connectivity index (χ0v) is 11.6. The fourth-order valence-electron chi connectivity index (χ4n) is 3.72. The van der Waals surface area contributed by atoms with Crippen LogP contribution < -0.4 is 10.6 Å². The maximum absolute atomic E-state index is 12.0. The van der Waals surface area contributed by atoms with E-state index >= 15 is 0 Å². The van der Waals surface area contributed by atoms with Crippen molar-refractivity contribution in [2.24, 2.45) is 24.8 Å². The van der Waals surface area contributed by atoms with Crippen LogP contribution in [0.15, 0.2) is 6.33 Å². The molecule has 3 N–H and O–H groups in total. The van der Waals surface area contributed by atoms with Gasteiger partial charge >= 0.3 is 6.03 Å². The maximum Gasteiger partial charge on any atom is 0.315 e. The number of rotatable bonds is 4. The van der Waals surface area contributed by atoms with Crippen LogP contribution in [0.3, 0.4) is 0 Å². The van der Waals surface area contributed by atoms with Gasteiger partial charge in [-0.15, -0.1) is 0 Å². The van der Waals surface area contributed by atoms with E-state index in [1.807, 2.05) is 0 Å². The molecule has 1 heterocycles. The number of aliphatic hydroxyl groups excluding tert-OH is 1. The molecule has 3 rings (SSSR count). The summed E-state index contributed by atoms with van der Waals surface area (Å²) in [4.78, 5) is 16.0. The molecule has 7 nitrogen and oxygen atoms in total. The SMILES string of the molecule is Cn1cnc(CNC(=O)NC2C3CCC(C3)C2CO)n1. The standard InChI is InChI=1S/C13H21N5O2/c1-18-7-15-11(17-18)5-14-13(20)16-12-9-3-2-8(4-9)10(12)6-19/h7-10,12,19H,2-6H2,1H3,(H2,14,16,20). The van der Waals surface area contributed by atoms with Crippen molar-refractivity contribution in [3.63, 3.8) is 0 Å². The van der Waals surface area contributed by atoms with E-state index in [0.29, 0.717) is 24.2 Å². The maximum atomic E-state index is 12.0. The number of hydrogen-bond acceptors (Lipinski definition) is 4. The normalized spacial score (nSPS) is 31.5. The molecule has 2 fully saturated rings. The zero-order valence-electron chi connectivity index (χ0n) is 11.6. The van der Waals surface area contributed by atoms with Crippen molar-refractivity contribution >= 4 is 6.03 Å². The second-order valence-corrected chi connectivity index (χ2v) is 5.87. The van der Waals surface area contributed by atoms with Crippen LogP contribution in [0, 0.1) is 17.8 Å². The minimum Gasteiger partial charge on any atom is -0.396 e. The Bertz CT molecular complexity index is 489. The predicted octanol–water partition coefficient (Wildman–Crippen LogP) is 0.0213. The van der Waals surface area contributed by atoms with Gasteiger partial charge in [-0.2, -0.15) is 5.10 Å². The molecule has 0 aliphatic heterocycles. The smallest absolute Gasteiger partial charge is 0.315 e. The van der Waals surface area contributed by atoms with Gasteiger partial charge < -0.3 is 15.7 Å². The van der Waals surface area contributed by atoms with Crippen molar-refractivity contribution < 1.29 is 9.90 Å². The second-order valence-electron chi connectivity index (χ2n) is 5.87. The van der Waals surface area contributed by atoms with Crippen LogP contribution in [-0.2, 0) is 13.6 Å². The first-order chi connectivity index (χ1) is 9.67. The predicted molar refractivity (Wildman–Crippen MR) is 71.6 cm³/mol. The molecule has 7 heteroatoms. The summed E-state index contributed by atoms with van der Waals surface area (Å²) in [5.74, 6) is 1.91. The van der Waals surface area contributed by atoms with Crippen molar-refractivity contribution in [1.29, 1.82) is 0 Å². The third-order valence-electron chi connectivity index (χ3n) is 4.65. The molecule has 0 spiro atoms. The highest BCUT2D eigenvalue weighted by Gasteiger charge is 2.47. The molecular weight excluding hydrogens is 258 g/mol. The van der Waals surface area contributed by atoms with Crippen LogP contribution in [0.4, 0.5) is 4.79 Å². The average molecular weight is 279 g/mol. The van der Waals surface area contributed by atoms with E-state index in [9.17, 15) is 9.90 Å². The number of fused-ring (bicyclic) bond motifs is 2. The summed E-state index contributed by atoms with van der Waals surface area (Å²) in [6.07, 6.45) is 5.09. The van der Waals surface area contributed by atoms with Gasteiger partial charge in [0.25, 0.3) is 0 Å². The Morgan fingerprint density at radius 1 is 1.50 bits per heavy atom. The molecule has 2 aliphatic rings. The van der Waals surface area contributed by atoms with Crippen LogP contribution in [-0.4, -0.2) is 38.6 Å². The van der Waals surface area contributed by atoms with E-state index in [1.165, 1.54) is 6.42 Å². The molecule has 4 atom stereocenters. The van der Waals surface area contributed by atoms with Gasteiger partial charge in [0.2, 0.25) is 0 Å². The summed E-state index contributed by atoms with van der Waals surface area (Å²) in [6, 6.07) is -0.0936. The third-order valence-corrected chi connectivity index (χ3v) is 4.65. The molecule has 0 radical (unpaired) electrons. The number of aliphatic hydroxyl groups is 1. The summed E-state index contributed by atoms with van der Waals surface area (Å²) in [7, 11) is 1.79. The van der Waals surface area contributed by atoms with Crippen LogP contribution in [0.25, 0.3) is 0 Å². The van der Waals surface area contributed by atoms with E-state index in [1.54, 1.807) is 18.1 Å². The summed E-state index contributed by atoms with van der Waals surface area (Å²) < 4.78 is 1.60. The average Bonchev–Trinajstić information content (AvgIpc) is 3.12. The van der Waals surface area contributed by atoms with Crippen molar-refractivity contribution in [2.75, 3.05) is 6.61 Å². The highest BCUT2D eigenvalue weighted by atomic mass is 16.3. The number of urea groups is 1. The Labute approximate surface area is 117 Å². The molecule has 20 heavy (non-hydrogen) atoms. The molecule has 1 aromatic heterocycles. The van der Waals surface area contributed by atoms with E-state index in [-0.39, 0.29) is 24.6 Å². The van der Waals surface area contributed by atoms with Crippen LogP contribution in [0.1, 0.15) is 25.1 Å². The summed E-state index contributed by atoms with van der Waals surface area (Å²) in [6.45, 7) is 0.477. The monoisotopic (exact) mass is 279 g/mol. The first kappa shape index (κ1) is 13.4. The quantitative estimate of drug-likeness (QED) is 0.724. The molecule has 2 saturated carbocycles. The van der Waals surface area contributed by atoms with Crippen molar-refractivity contribution in [3.8, 4) is 0 Å². The number of aromatic nitrogens is 3. The third kappa shape index (κ3) is 2.49. The summed E-state index contributed by atoms with van der Waals surface area (Å²) in [5, 5.41) is 19.4. The fourth-order valence-corrected chi connectivity index (χ4v) is 3.72. The van der Waals surface area contributed by atoms with Gasteiger partial charge in [0.15, 0.2) is 5.82 Å². The molecule has 2 bridgehead atoms. The van der Waals surface area contributed by atoms with Crippen LogP contribution >= 0.6 is 0 Å². The lowest BCUT2D eigenvalue weighted by Gasteiger charge is -2.30. The number of carbonyl (C=O) groups excluding carboxylic acids is 1. The Morgan fingerprint density at radius 3 is 3.00 bits per heavy atom. The minimum atomic E-state index is -0.201. The Balaban J connectivity index is 1.51. The first-order valence-electron chi connectivity index (χ1n) is 7.17. The van der Waals surface area contributed by atoms with Crippen LogP contribution in [0.5, 0.6) is 0 Å². The van der Waals surface area contributed by atoms with Gasteiger partial charge in [-0.05, 0) is 31.1 Å². The molecule has 2 aliphatic carbocycles. The largest absolute Gasteiger partial charge is 0.396 e. The number of carbonyl (C=O) groups is 1. The number of nitrogens with zero attached hydrogens (tertiary/aromatic N) is 3. The van der Waals surface area contributed by atoms with Crippen molar-refractivity contribution in [2.45, 2.75) is 31.8 Å². The topological polar surface area (TPSA) is 92.1 Å². The molecule has 4 unspecified atom stereocenters. The van der Waals surface area contributed by atoms with E-state index in [2.05, 4.69) is 20.7 Å². The Kier molecular flexibility index (Phi) is 3.60. The molecule has 1 aromatic rings. The van der Waals surface area contributed by atoms with Gasteiger partial charge in [-0.25, -0.2) is 9.78 Å². The molecule has 0 saturated heterocycles.